The Hall–Kier alpha value is -2.50. The third kappa shape index (κ3) is 3.46. The summed E-state index contributed by atoms with van der Waals surface area (Å²) in [5.41, 5.74) is 5.20. The zero-order chi connectivity index (χ0) is 20.7. The third-order valence-electron chi connectivity index (χ3n) is 6.43. The quantitative estimate of drug-likeness (QED) is 0.605. The molecule has 0 radical (unpaired) electrons. The van der Waals surface area contributed by atoms with Gasteiger partial charge in [-0.05, 0) is 74.5 Å². The van der Waals surface area contributed by atoms with Crippen LogP contribution in [-0.2, 0) is 6.42 Å². The summed E-state index contributed by atoms with van der Waals surface area (Å²) < 4.78 is 0. The van der Waals surface area contributed by atoms with Crippen molar-refractivity contribution in [3.63, 3.8) is 0 Å². The Kier molecular flexibility index (Phi) is 5.17. The lowest BCUT2D eigenvalue weighted by molar-refractivity contribution is 0.0636. The van der Waals surface area contributed by atoms with Crippen LogP contribution in [0.5, 0.6) is 0 Å². The number of thiophene rings is 1. The number of piperidine rings is 1. The largest absolute Gasteiger partial charge is 0.337 e. The number of carbonyl (C=O) groups excluding carboxylic acids is 1. The van der Waals surface area contributed by atoms with Gasteiger partial charge in [-0.2, -0.15) is 0 Å². The fraction of sp³-hybridized carbons (Fsp3) is 0.360. The van der Waals surface area contributed by atoms with E-state index >= 15 is 0 Å². The predicted molar refractivity (Wildman–Crippen MR) is 125 cm³/mol. The van der Waals surface area contributed by atoms with Gasteiger partial charge in [0.15, 0.2) is 0 Å². The molecule has 1 unspecified atom stereocenters. The van der Waals surface area contributed by atoms with Crippen molar-refractivity contribution < 1.29 is 4.79 Å². The molecule has 2 aliphatic rings. The average molecular weight is 418 g/mol. The number of nitrogens with zero attached hydrogens (tertiary/aromatic N) is 3. The van der Waals surface area contributed by atoms with E-state index in [0.717, 1.165) is 66.5 Å². The predicted octanol–water partition coefficient (Wildman–Crippen LogP) is 4.95. The number of amides is 1. The summed E-state index contributed by atoms with van der Waals surface area (Å²) in [5, 5.41) is 3.09. The molecule has 2 aromatic heterocycles. The first-order chi connectivity index (χ1) is 14.6. The van der Waals surface area contributed by atoms with E-state index in [0.29, 0.717) is 6.04 Å². The Labute approximate surface area is 181 Å². The highest BCUT2D eigenvalue weighted by Crippen LogP contribution is 2.38. The molecule has 3 aromatic rings. The number of rotatable bonds is 3. The normalized spacial score (nSPS) is 20.3. The molecule has 0 spiro atoms. The maximum atomic E-state index is 13.8. The van der Waals surface area contributed by atoms with E-state index in [9.17, 15) is 4.79 Å². The first kappa shape index (κ1) is 19.5. The number of carbonyl (C=O) groups is 1. The Balaban J connectivity index is 1.61. The lowest BCUT2D eigenvalue weighted by atomic mass is 9.97. The smallest absolute Gasteiger partial charge is 0.254 e. The van der Waals surface area contributed by atoms with Crippen LogP contribution >= 0.6 is 11.3 Å². The van der Waals surface area contributed by atoms with Gasteiger partial charge in [-0.25, -0.2) is 4.98 Å². The number of pyridine rings is 1. The molecule has 30 heavy (non-hydrogen) atoms. The topological polar surface area (TPSA) is 36.4 Å². The van der Waals surface area contributed by atoms with E-state index in [2.05, 4.69) is 53.6 Å². The van der Waals surface area contributed by atoms with Crippen LogP contribution in [0.2, 0.25) is 0 Å². The number of allylic oxidation sites excluding steroid dienone is 1. The zero-order valence-electron chi connectivity index (χ0n) is 17.6. The van der Waals surface area contributed by atoms with Gasteiger partial charge < -0.3 is 9.80 Å². The molecular formula is C25H27N3OS. The van der Waals surface area contributed by atoms with E-state index in [1.165, 1.54) is 10.5 Å². The molecule has 1 fully saturated rings. The standard InChI is InChI=1S/C25H27N3OS/c1-27(2)18-7-5-13-28(16-18)25(29)23-20-9-3-4-10-22(20)26-24-17(11-12-21(23)24)15-19-8-6-14-30-19/h3-4,6,8-10,14-15,18H,5,7,11-13,16H2,1-2H3/b17-15-. The molecule has 4 nitrogen and oxygen atoms in total. The fourth-order valence-electron chi connectivity index (χ4n) is 4.79. The van der Waals surface area contributed by atoms with Gasteiger partial charge in [0.05, 0.1) is 16.8 Å². The van der Waals surface area contributed by atoms with Crippen LogP contribution in [0.1, 0.15) is 45.8 Å². The van der Waals surface area contributed by atoms with Gasteiger partial charge in [-0.3, -0.25) is 4.79 Å². The zero-order valence-corrected chi connectivity index (χ0v) is 18.4. The molecule has 0 N–H and O–H groups in total. The Morgan fingerprint density at radius 3 is 2.87 bits per heavy atom. The first-order valence-corrected chi connectivity index (χ1v) is 11.6. The maximum absolute atomic E-state index is 13.8. The van der Waals surface area contributed by atoms with Gasteiger partial charge in [-0.1, -0.05) is 24.3 Å². The van der Waals surface area contributed by atoms with Gasteiger partial charge in [-0.15, -0.1) is 11.3 Å². The Morgan fingerprint density at radius 2 is 2.07 bits per heavy atom. The minimum absolute atomic E-state index is 0.175. The van der Waals surface area contributed by atoms with E-state index in [1.807, 2.05) is 18.2 Å². The lowest BCUT2D eigenvalue weighted by Gasteiger charge is -2.36. The molecule has 154 valence electrons. The molecule has 5 heteroatoms. The Morgan fingerprint density at radius 1 is 1.20 bits per heavy atom. The number of para-hydroxylation sites is 1. The van der Waals surface area contributed by atoms with Gasteiger partial charge in [0.25, 0.3) is 5.91 Å². The highest BCUT2D eigenvalue weighted by Gasteiger charge is 2.31. The van der Waals surface area contributed by atoms with Crippen LogP contribution in [0.25, 0.3) is 22.6 Å². The van der Waals surface area contributed by atoms with Crippen molar-refractivity contribution >= 4 is 39.8 Å². The van der Waals surface area contributed by atoms with E-state index in [-0.39, 0.29) is 5.91 Å². The first-order valence-electron chi connectivity index (χ1n) is 10.7. The van der Waals surface area contributed by atoms with Gasteiger partial charge in [0.1, 0.15) is 0 Å². The monoisotopic (exact) mass is 417 g/mol. The number of fused-ring (bicyclic) bond motifs is 2. The summed E-state index contributed by atoms with van der Waals surface area (Å²) in [6, 6.07) is 12.8. The molecule has 1 amide bonds. The molecule has 1 aliphatic heterocycles. The maximum Gasteiger partial charge on any atom is 0.254 e. The summed E-state index contributed by atoms with van der Waals surface area (Å²) in [6.45, 7) is 1.64. The summed E-state index contributed by atoms with van der Waals surface area (Å²) in [4.78, 5) is 24.4. The van der Waals surface area contributed by atoms with Crippen molar-refractivity contribution in [2.75, 3.05) is 27.2 Å². The molecule has 1 aromatic carbocycles. The third-order valence-corrected chi connectivity index (χ3v) is 7.25. The van der Waals surface area contributed by atoms with Crippen LogP contribution < -0.4 is 0 Å². The number of benzene rings is 1. The molecule has 1 aliphatic carbocycles. The second-order valence-electron chi connectivity index (χ2n) is 8.53. The summed E-state index contributed by atoms with van der Waals surface area (Å²) in [6.07, 6.45) is 6.28. The van der Waals surface area contributed by atoms with Crippen molar-refractivity contribution in [3.05, 3.63) is 63.5 Å². The van der Waals surface area contributed by atoms with E-state index in [4.69, 9.17) is 4.98 Å². The summed E-state index contributed by atoms with van der Waals surface area (Å²) in [5.74, 6) is 0.175. The molecule has 1 saturated heterocycles. The van der Waals surface area contributed by atoms with Gasteiger partial charge in [0, 0.05) is 29.4 Å². The average Bonchev–Trinajstić information content (AvgIpc) is 3.42. The number of aromatic nitrogens is 1. The van der Waals surface area contributed by atoms with Gasteiger partial charge in [0.2, 0.25) is 0 Å². The molecule has 1 atom stereocenters. The summed E-state index contributed by atoms with van der Waals surface area (Å²) >= 11 is 1.74. The lowest BCUT2D eigenvalue weighted by Crippen LogP contribution is -2.47. The number of hydrogen-bond acceptors (Lipinski definition) is 4. The van der Waals surface area contributed by atoms with Crippen molar-refractivity contribution in [2.24, 2.45) is 0 Å². The SMILES string of the molecule is CN(C)C1CCCN(C(=O)c2c3c(nc4ccccc24)/C(=C\c2cccs2)CC3)C1. The minimum Gasteiger partial charge on any atom is -0.337 e. The van der Waals surface area contributed by atoms with Crippen molar-refractivity contribution in [1.82, 2.24) is 14.8 Å². The molecule has 0 saturated carbocycles. The van der Waals surface area contributed by atoms with E-state index < -0.39 is 0 Å². The Bertz CT molecular complexity index is 1120. The van der Waals surface area contributed by atoms with Crippen molar-refractivity contribution in [3.8, 4) is 0 Å². The molecular weight excluding hydrogens is 390 g/mol. The minimum atomic E-state index is 0.175. The highest BCUT2D eigenvalue weighted by atomic mass is 32.1. The summed E-state index contributed by atoms with van der Waals surface area (Å²) in [7, 11) is 4.22. The second kappa shape index (κ2) is 7.97. The van der Waals surface area contributed by atoms with Crippen LogP contribution in [0.15, 0.2) is 41.8 Å². The van der Waals surface area contributed by atoms with Crippen LogP contribution in [0.3, 0.4) is 0 Å². The van der Waals surface area contributed by atoms with Gasteiger partial charge >= 0.3 is 0 Å². The second-order valence-corrected chi connectivity index (χ2v) is 9.51. The van der Waals surface area contributed by atoms with Crippen molar-refractivity contribution in [2.45, 2.75) is 31.7 Å². The van der Waals surface area contributed by atoms with E-state index in [1.54, 1.807) is 11.3 Å². The number of hydrogen-bond donors (Lipinski definition) is 0. The number of likely N-dealkylation sites (tertiary alicyclic amines) is 1. The van der Waals surface area contributed by atoms with Crippen molar-refractivity contribution in [1.29, 1.82) is 0 Å². The number of likely N-dealkylation sites (N-methyl/N-ethyl adjacent to an activating group) is 1. The molecule has 3 heterocycles. The van der Waals surface area contributed by atoms with Crippen LogP contribution in [0.4, 0.5) is 0 Å². The highest BCUT2D eigenvalue weighted by molar-refractivity contribution is 7.10. The fourth-order valence-corrected chi connectivity index (χ4v) is 5.47. The van der Waals surface area contributed by atoms with Crippen LogP contribution in [-0.4, -0.2) is 53.9 Å². The molecule has 0 bridgehead atoms. The van der Waals surface area contributed by atoms with Crippen LogP contribution in [0, 0.1) is 0 Å². The molecule has 5 rings (SSSR count).